The molecule has 0 spiro atoms. The summed E-state index contributed by atoms with van der Waals surface area (Å²) in [6.07, 6.45) is 14.2. The zero-order valence-corrected chi connectivity index (χ0v) is 19.2. The van der Waals surface area contributed by atoms with E-state index in [-0.39, 0.29) is 5.75 Å². The fourth-order valence-electron chi connectivity index (χ4n) is 3.01. The quantitative estimate of drug-likeness (QED) is 0.191. The maximum Gasteiger partial charge on any atom is 0.0945 e. The smallest absolute Gasteiger partial charge is 0.0945 e. The van der Waals surface area contributed by atoms with Crippen LogP contribution in [0.2, 0.25) is 0 Å². The second-order valence-electron chi connectivity index (χ2n) is 7.88. The van der Waals surface area contributed by atoms with E-state index in [0.717, 1.165) is 19.3 Å². The molecule has 160 valence electrons. The largest absolute Gasteiger partial charge is 0.748 e. The zero-order valence-electron chi connectivity index (χ0n) is 18.4. The predicted octanol–water partition coefficient (Wildman–Crippen LogP) is 5.73. The number of unbranched alkanes of at least 4 members (excludes halogenated alkanes) is 8. The lowest BCUT2D eigenvalue weighted by molar-refractivity contribution is -0.910. The van der Waals surface area contributed by atoms with Gasteiger partial charge in [-0.15, -0.1) is 0 Å². The number of rotatable bonds is 16. The van der Waals surface area contributed by atoms with E-state index in [1.165, 1.54) is 75.5 Å². The first-order valence-corrected chi connectivity index (χ1v) is 12.6. The summed E-state index contributed by atoms with van der Waals surface area (Å²) < 4.78 is 31.8. The Bertz CT molecular complexity index is 361. The van der Waals surface area contributed by atoms with Crippen LogP contribution in [0.1, 0.15) is 105 Å². The molecule has 0 heterocycles. The first-order valence-electron chi connectivity index (χ1n) is 11.0. The fourth-order valence-corrected chi connectivity index (χ4v) is 3.57. The Balaban J connectivity index is 0. The summed E-state index contributed by atoms with van der Waals surface area (Å²) in [5, 5.41) is 0. The molecule has 0 aliphatic heterocycles. The lowest BCUT2D eigenvalue weighted by Gasteiger charge is -2.34. The van der Waals surface area contributed by atoms with Gasteiger partial charge in [-0.1, -0.05) is 79.1 Å². The topological polar surface area (TPSA) is 57.2 Å². The van der Waals surface area contributed by atoms with Crippen LogP contribution in [0, 0.1) is 0 Å². The first-order chi connectivity index (χ1) is 12.2. The standard InChI is InChI=1S/C13H30N.C8H18O3S/c1-5-8-11-14(4,12-9-6-2)13-10-7-3;1-2-3-4-5-6-7-8-12(9,10)11/h5-13H2,1-4H3;2-8H2,1H3,(H,9,10,11)/q+1;/p-1. The van der Waals surface area contributed by atoms with E-state index in [0.29, 0.717) is 6.42 Å². The molecule has 0 aromatic heterocycles. The van der Waals surface area contributed by atoms with Gasteiger partial charge in [-0.25, -0.2) is 8.42 Å². The van der Waals surface area contributed by atoms with E-state index >= 15 is 0 Å². The molecule has 0 atom stereocenters. The van der Waals surface area contributed by atoms with Gasteiger partial charge in [0.15, 0.2) is 0 Å². The minimum atomic E-state index is -3.97. The van der Waals surface area contributed by atoms with Crippen molar-refractivity contribution in [2.24, 2.45) is 0 Å². The monoisotopic (exact) mass is 393 g/mol. The van der Waals surface area contributed by atoms with Crippen LogP contribution in [0.5, 0.6) is 0 Å². The highest BCUT2D eigenvalue weighted by Gasteiger charge is 2.18. The minimum Gasteiger partial charge on any atom is -0.748 e. The Labute approximate surface area is 165 Å². The highest BCUT2D eigenvalue weighted by Crippen LogP contribution is 2.10. The highest BCUT2D eigenvalue weighted by atomic mass is 32.2. The van der Waals surface area contributed by atoms with Gasteiger partial charge in [-0.3, -0.25) is 0 Å². The number of quaternary nitrogens is 1. The van der Waals surface area contributed by atoms with E-state index in [4.69, 9.17) is 0 Å². The van der Waals surface area contributed by atoms with Crippen molar-refractivity contribution in [3.8, 4) is 0 Å². The Morgan fingerprint density at radius 2 is 0.962 bits per heavy atom. The second kappa shape index (κ2) is 18.2. The van der Waals surface area contributed by atoms with Gasteiger partial charge in [0.25, 0.3) is 0 Å². The molecule has 26 heavy (non-hydrogen) atoms. The summed E-state index contributed by atoms with van der Waals surface area (Å²) in [5.41, 5.74) is 0. The van der Waals surface area contributed by atoms with Gasteiger partial charge < -0.3 is 9.04 Å². The van der Waals surface area contributed by atoms with Gasteiger partial charge in [0.1, 0.15) is 0 Å². The van der Waals surface area contributed by atoms with Crippen molar-refractivity contribution in [2.45, 2.75) is 105 Å². The van der Waals surface area contributed by atoms with E-state index in [1.807, 2.05) is 0 Å². The molecule has 0 saturated heterocycles. The van der Waals surface area contributed by atoms with Crippen LogP contribution in [0.4, 0.5) is 0 Å². The van der Waals surface area contributed by atoms with E-state index in [2.05, 4.69) is 34.7 Å². The van der Waals surface area contributed by atoms with Crippen LogP contribution in [-0.4, -0.2) is 49.9 Å². The Hall–Kier alpha value is -0.130. The molecule has 5 heteroatoms. The van der Waals surface area contributed by atoms with Crippen LogP contribution in [0.15, 0.2) is 0 Å². The van der Waals surface area contributed by atoms with Crippen molar-refractivity contribution in [1.82, 2.24) is 0 Å². The summed E-state index contributed by atoms with van der Waals surface area (Å²) in [5.74, 6) is -0.195. The van der Waals surface area contributed by atoms with Gasteiger partial charge in [0.05, 0.1) is 36.8 Å². The molecule has 0 N–H and O–H groups in total. The molecule has 0 bridgehead atoms. The van der Waals surface area contributed by atoms with Crippen molar-refractivity contribution in [1.29, 1.82) is 0 Å². The average Bonchev–Trinajstić information content (AvgIpc) is 2.59. The Morgan fingerprint density at radius 3 is 1.31 bits per heavy atom. The van der Waals surface area contributed by atoms with Crippen molar-refractivity contribution in [3.63, 3.8) is 0 Å². The number of hydrogen-bond acceptors (Lipinski definition) is 3. The van der Waals surface area contributed by atoms with Crippen molar-refractivity contribution in [3.05, 3.63) is 0 Å². The lowest BCUT2D eigenvalue weighted by atomic mass is 10.1. The van der Waals surface area contributed by atoms with Crippen molar-refractivity contribution < 1.29 is 17.5 Å². The molecule has 0 aromatic carbocycles. The van der Waals surface area contributed by atoms with Crippen molar-refractivity contribution >= 4 is 10.1 Å². The second-order valence-corrected chi connectivity index (χ2v) is 9.40. The van der Waals surface area contributed by atoms with Crippen LogP contribution in [0.3, 0.4) is 0 Å². The minimum absolute atomic E-state index is 0.195. The van der Waals surface area contributed by atoms with Crippen LogP contribution < -0.4 is 0 Å². The van der Waals surface area contributed by atoms with E-state index in [9.17, 15) is 13.0 Å². The van der Waals surface area contributed by atoms with Crippen LogP contribution in [-0.2, 0) is 10.1 Å². The Kier molecular flexibility index (Phi) is 19.7. The molecule has 0 unspecified atom stereocenters. The molecule has 0 aromatic rings. The molecule has 0 rings (SSSR count). The summed E-state index contributed by atoms with van der Waals surface area (Å²) in [6, 6.07) is 0. The summed E-state index contributed by atoms with van der Waals surface area (Å²) in [7, 11) is -1.52. The van der Waals surface area contributed by atoms with E-state index in [1.54, 1.807) is 0 Å². The number of hydrogen-bond donors (Lipinski definition) is 0. The first kappa shape index (κ1) is 28.1. The maximum atomic E-state index is 10.2. The molecule has 0 aliphatic rings. The van der Waals surface area contributed by atoms with Gasteiger partial charge in [0.2, 0.25) is 0 Å². The van der Waals surface area contributed by atoms with Crippen molar-refractivity contribution in [2.75, 3.05) is 32.4 Å². The van der Waals surface area contributed by atoms with Gasteiger partial charge in [0, 0.05) is 5.75 Å². The molecular weight excluding hydrogens is 346 g/mol. The molecular formula is C21H47NO3S. The maximum absolute atomic E-state index is 10.2. The molecule has 0 amide bonds. The zero-order chi connectivity index (χ0) is 20.3. The molecule has 0 fully saturated rings. The molecule has 0 saturated carbocycles. The normalized spacial score (nSPS) is 11.9. The molecule has 4 nitrogen and oxygen atoms in total. The third-order valence-electron chi connectivity index (χ3n) is 4.90. The highest BCUT2D eigenvalue weighted by molar-refractivity contribution is 7.85. The average molecular weight is 394 g/mol. The summed E-state index contributed by atoms with van der Waals surface area (Å²) >= 11 is 0. The third kappa shape index (κ3) is 21.9. The molecule has 0 radical (unpaired) electrons. The van der Waals surface area contributed by atoms with Gasteiger partial charge in [-0.2, -0.15) is 0 Å². The fraction of sp³-hybridized carbons (Fsp3) is 1.00. The molecule has 0 aliphatic carbocycles. The summed E-state index contributed by atoms with van der Waals surface area (Å²) in [4.78, 5) is 0. The SMILES string of the molecule is CCCCCCCCS(=O)(=O)[O-].CCCC[N+](C)(CCCC)CCCC. The van der Waals surface area contributed by atoms with Crippen LogP contribution >= 0.6 is 0 Å². The van der Waals surface area contributed by atoms with Gasteiger partial charge >= 0.3 is 0 Å². The number of nitrogens with zero attached hydrogens (tertiary/aromatic N) is 1. The third-order valence-corrected chi connectivity index (χ3v) is 5.69. The Morgan fingerprint density at radius 1 is 0.615 bits per heavy atom. The van der Waals surface area contributed by atoms with Gasteiger partial charge in [-0.05, 0) is 25.7 Å². The van der Waals surface area contributed by atoms with Crippen LogP contribution in [0.25, 0.3) is 0 Å². The summed E-state index contributed by atoms with van der Waals surface area (Å²) in [6.45, 7) is 13.2. The predicted molar refractivity (Wildman–Crippen MR) is 113 cm³/mol. The van der Waals surface area contributed by atoms with E-state index < -0.39 is 10.1 Å². The lowest BCUT2D eigenvalue weighted by Crippen LogP contribution is -2.46.